The van der Waals surface area contributed by atoms with Gasteiger partial charge in [0.2, 0.25) is 27.8 Å². The van der Waals surface area contributed by atoms with Gasteiger partial charge in [-0.3, -0.25) is 19.6 Å². The lowest BCUT2D eigenvalue weighted by Crippen LogP contribution is -2.37. The number of morpholine rings is 1. The number of anilines is 2. The van der Waals surface area contributed by atoms with Crippen molar-refractivity contribution in [1.82, 2.24) is 25.3 Å². The summed E-state index contributed by atoms with van der Waals surface area (Å²) >= 11 is 0. The molecule has 2 aliphatic heterocycles. The number of hydrogen-bond donors (Lipinski definition) is 3. The molecule has 2 aliphatic rings. The average Bonchev–Trinajstić information content (AvgIpc) is 3.03. The third kappa shape index (κ3) is 8.52. The van der Waals surface area contributed by atoms with Crippen molar-refractivity contribution >= 4 is 38.5 Å². The van der Waals surface area contributed by atoms with E-state index in [9.17, 15) is 13.2 Å². The summed E-state index contributed by atoms with van der Waals surface area (Å²) in [6.07, 6.45) is 4.89. The molecule has 16 heteroatoms. The minimum Gasteiger partial charge on any atom is -0.480 e. The van der Waals surface area contributed by atoms with Gasteiger partial charge >= 0.3 is 0 Å². The summed E-state index contributed by atoms with van der Waals surface area (Å²) in [5, 5.41) is 9.10. The number of likely N-dealkylation sites (tertiary alicyclic amines) is 1. The number of rotatable bonds is 12. The molecular weight excluding hydrogens is 609 g/mol. The summed E-state index contributed by atoms with van der Waals surface area (Å²) in [5.74, 6) is -0.328. The number of sulfonamides is 1. The number of nitrogens with zero attached hydrogens (tertiary/aromatic N) is 5. The number of hydroxylamine groups is 1. The molecule has 2 aromatic heterocycles. The fraction of sp³-hybridized carbons (Fsp3) is 0.517. The number of nitrogens with one attached hydrogen (secondary N) is 2. The van der Waals surface area contributed by atoms with E-state index in [0.717, 1.165) is 32.2 Å². The molecule has 0 radical (unpaired) electrons. The van der Waals surface area contributed by atoms with Gasteiger partial charge < -0.3 is 19.1 Å². The minimum absolute atomic E-state index is 0.0573. The molecular formula is C29H38FN7O7S. The maximum absolute atomic E-state index is 15.2. The monoisotopic (exact) mass is 647 g/mol. The van der Waals surface area contributed by atoms with E-state index >= 15 is 4.39 Å². The first-order chi connectivity index (χ1) is 21.6. The first-order valence-corrected chi connectivity index (χ1v) is 16.6. The Hall–Kier alpha value is -3.70. The highest BCUT2D eigenvalue weighted by Gasteiger charge is 2.24. The first-order valence-electron chi connectivity index (χ1n) is 14.8. The van der Waals surface area contributed by atoms with Crippen molar-refractivity contribution in [3.63, 3.8) is 0 Å². The Labute approximate surface area is 260 Å². The van der Waals surface area contributed by atoms with E-state index in [1.807, 2.05) is 4.90 Å². The molecule has 0 aliphatic carbocycles. The zero-order chi connectivity index (χ0) is 32.0. The van der Waals surface area contributed by atoms with E-state index in [0.29, 0.717) is 79.5 Å². The predicted molar refractivity (Wildman–Crippen MR) is 164 cm³/mol. The zero-order valence-electron chi connectivity index (χ0n) is 25.3. The molecule has 1 aromatic carbocycles. The number of fused-ring (bicyclic) bond motifs is 1. The molecule has 14 nitrogen and oxygen atoms in total. The lowest BCUT2D eigenvalue weighted by Gasteiger charge is -2.32. The summed E-state index contributed by atoms with van der Waals surface area (Å²) in [4.78, 5) is 29.5. The summed E-state index contributed by atoms with van der Waals surface area (Å²) in [5.41, 5.74) is 3.93. The third-order valence-corrected chi connectivity index (χ3v) is 8.29. The summed E-state index contributed by atoms with van der Waals surface area (Å²) in [6, 6.07) is 4.46. The summed E-state index contributed by atoms with van der Waals surface area (Å²) in [6.45, 7) is 4.56. The molecule has 4 heterocycles. The fourth-order valence-electron chi connectivity index (χ4n) is 5.53. The van der Waals surface area contributed by atoms with Crippen LogP contribution in [0.3, 0.4) is 0 Å². The number of halogens is 1. The van der Waals surface area contributed by atoms with Crippen LogP contribution in [0.1, 0.15) is 31.2 Å². The van der Waals surface area contributed by atoms with Crippen molar-refractivity contribution in [1.29, 1.82) is 0 Å². The molecule has 1 amide bonds. The van der Waals surface area contributed by atoms with Gasteiger partial charge in [0, 0.05) is 62.9 Å². The summed E-state index contributed by atoms with van der Waals surface area (Å²) < 4.78 is 58.5. The van der Waals surface area contributed by atoms with Gasteiger partial charge in [-0.05, 0) is 43.0 Å². The van der Waals surface area contributed by atoms with Gasteiger partial charge in [0.15, 0.2) is 0 Å². The van der Waals surface area contributed by atoms with Crippen molar-refractivity contribution in [3.05, 3.63) is 35.8 Å². The van der Waals surface area contributed by atoms with E-state index in [1.54, 1.807) is 11.5 Å². The van der Waals surface area contributed by atoms with Gasteiger partial charge in [-0.25, -0.2) is 33.2 Å². The maximum atomic E-state index is 15.2. The number of benzene rings is 1. The largest absolute Gasteiger partial charge is 0.480 e. The molecule has 0 bridgehead atoms. The Morgan fingerprint density at radius 1 is 1.16 bits per heavy atom. The first kappa shape index (κ1) is 32.7. The van der Waals surface area contributed by atoms with E-state index in [-0.39, 0.29) is 24.1 Å². The van der Waals surface area contributed by atoms with Crippen LogP contribution in [0.15, 0.2) is 24.4 Å². The van der Waals surface area contributed by atoms with Crippen LogP contribution in [0.5, 0.6) is 5.88 Å². The molecule has 3 N–H and O–H groups in total. The number of amides is 1. The molecule has 0 spiro atoms. The number of ether oxygens (including phenoxy) is 3. The normalized spacial score (nSPS) is 16.6. The zero-order valence-corrected chi connectivity index (χ0v) is 26.1. The van der Waals surface area contributed by atoms with Gasteiger partial charge in [-0.1, -0.05) is 0 Å². The third-order valence-electron chi connectivity index (χ3n) is 7.69. The van der Waals surface area contributed by atoms with Gasteiger partial charge in [0.25, 0.3) is 0 Å². The molecule has 3 aromatic rings. The Balaban J connectivity index is 1.45. The highest BCUT2D eigenvalue weighted by Crippen LogP contribution is 2.35. The van der Waals surface area contributed by atoms with Crippen molar-refractivity contribution in [3.8, 4) is 17.1 Å². The van der Waals surface area contributed by atoms with Crippen LogP contribution in [0.25, 0.3) is 22.2 Å². The Bertz CT molecular complexity index is 1610. The highest BCUT2D eigenvalue weighted by molar-refractivity contribution is 7.92. The van der Waals surface area contributed by atoms with Crippen LogP contribution in [0.4, 0.5) is 16.0 Å². The van der Waals surface area contributed by atoms with E-state index in [2.05, 4.69) is 14.6 Å². The molecule has 0 unspecified atom stereocenters. The fourth-order valence-corrected chi connectivity index (χ4v) is 6.08. The standard InChI is InChI=1S/C29H38FN7O7S/c1-42-28-24(35-45(2,40)41)15-19(17-31-28)26-23-16-21(30)14-20(27(23)33-29(32-26)37-9-12-43-13-10-37)18-36-7-5-22(6-8-36)44-11-3-4-25(38)34-39/h14-17,22,35,39H,3-13,18H2,1-2H3,(H,34,38). The van der Waals surface area contributed by atoms with Crippen LogP contribution < -0.4 is 19.8 Å². The SMILES string of the molecule is COc1ncc(-c2nc(N3CCOCC3)nc3c(CN4CCC(OCCCC(=O)NO)CC4)cc(F)cc23)cc1NS(C)(=O)=O. The second-order valence-corrected chi connectivity index (χ2v) is 12.8. The van der Waals surface area contributed by atoms with Crippen LogP contribution in [0.2, 0.25) is 0 Å². The number of methoxy groups -OCH3 is 1. The molecule has 0 atom stereocenters. The number of carbonyl (C=O) groups is 1. The number of aromatic nitrogens is 3. The van der Waals surface area contributed by atoms with Gasteiger partial charge in [0.05, 0.1) is 43.9 Å². The number of pyridine rings is 1. The average molecular weight is 648 g/mol. The number of piperidine rings is 1. The molecule has 2 fully saturated rings. The topological polar surface area (TPSA) is 168 Å². The van der Waals surface area contributed by atoms with Crippen molar-refractivity contribution < 1.29 is 37.0 Å². The van der Waals surface area contributed by atoms with Gasteiger partial charge in [0.1, 0.15) is 11.5 Å². The lowest BCUT2D eigenvalue weighted by molar-refractivity contribution is -0.129. The maximum Gasteiger partial charge on any atom is 0.243 e. The molecule has 45 heavy (non-hydrogen) atoms. The predicted octanol–water partition coefficient (Wildman–Crippen LogP) is 2.31. The molecule has 2 saturated heterocycles. The molecule has 5 rings (SSSR count). The minimum atomic E-state index is -3.65. The second kappa shape index (κ2) is 14.6. The van der Waals surface area contributed by atoms with Gasteiger partial charge in [-0.15, -0.1) is 0 Å². The van der Waals surface area contributed by atoms with Crippen molar-refractivity contribution in [2.75, 3.05) is 69.0 Å². The van der Waals surface area contributed by atoms with Crippen LogP contribution in [-0.4, -0.2) is 105 Å². The smallest absolute Gasteiger partial charge is 0.243 e. The Kier molecular flexibility index (Phi) is 10.6. The van der Waals surface area contributed by atoms with E-state index in [4.69, 9.17) is 29.4 Å². The number of hydrogen-bond acceptors (Lipinski definition) is 12. The van der Waals surface area contributed by atoms with Crippen LogP contribution in [0, 0.1) is 5.82 Å². The van der Waals surface area contributed by atoms with Crippen molar-refractivity contribution in [2.24, 2.45) is 0 Å². The van der Waals surface area contributed by atoms with Crippen molar-refractivity contribution in [2.45, 2.75) is 38.3 Å². The van der Waals surface area contributed by atoms with Crippen LogP contribution >= 0.6 is 0 Å². The lowest BCUT2D eigenvalue weighted by atomic mass is 10.0. The molecule has 0 saturated carbocycles. The second-order valence-electron chi connectivity index (χ2n) is 11.1. The molecule has 244 valence electrons. The summed E-state index contributed by atoms with van der Waals surface area (Å²) in [7, 11) is -2.26. The quantitative estimate of drug-likeness (QED) is 0.149. The van der Waals surface area contributed by atoms with Crippen LogP contribution in [-0.2, 0) is 30.8 Å². The highest BCUT2D eigenvalue weighted by atomic mass is 32.2. The Morgan fingerprint density at radius 3 is 2.60 bits per heavy atom. The van der Waals surface area contributed by atoms with Gasteiger partial charge in [-0.2, -0.15) is 0 Å². The van der Waals surface area contributed by atoms with E-state index in [1.165, 1.54) is 25.4 Å². The Morgan fingerprint density at radius 2 is 1.91 bits per heavy atom. The van der Waals surface area contributed by atoms with E-state index < -0.39 is 21.7 Å². The number of carbonyl (C=O) groups excluding carboxylic acids is 1.